The maximum absolute atomic E-state index is 11.0. The molecule has 6 nitrogen and oxygen atoms in total. The van der Waals surface area contributed by atoms with Gasteiger partial charge >= 0.3 is 5.69 Å². The predicted octanol–water partition coefficient (Wildman–Crippen LogP) is 1.76. The molecule has 6 heteroatoms. The molecule has 0 aliphatic carbocycles. The molecule has 0 radical (unpaired) electrons. The predicted molar refractivity (Wildman–Crippen MR) is 77.8 cm³/mol. The molecule has 0 atom stereocenters. The van der Waals surface area contributed by atoms with Crippen molar-refractivity contribution in [1.29, 1.82) is 0 Å². The second-order valence-electron chi connectivity index (χ2n) is 4.11. The van der Waals surface area contributed by atoms with Crippen LogP contribution in [-0.2, 0) is 0 Å². The molecule has 0 saturated carbocycles. The Kier molecular flexibility index (Phi) is 3.20. The van der Waals surface area contributed by atoms with Crippen LogP contribution in [0, 0.1) is 0 Å². The van der Waals surface area contributed by atoms with E-state index in [1.165, 1.54) is 6.20 Å². The number of nitrogens with one attached hydrogen (secondary N) is 2. The molecule has 0 saturated heterocycles. The number of hydrogen-bond acceptors (Lipinski definition) is 5. The highest BCUT2D eigenvalue weighted by Gasteiger charge is 1.97. The van der Waals surface area contributed by atoms with Crippen LogP contribution in [-0.4, -0.2) is 21.4 Å². The van der Waals surface area contributed by atoms with Gasteiger partial charge in [0, 0.05) is 5.56 Å². The summed E-state index contributed by atoms with van der Waals surface area (Å²) in [7, 11) is 0. The van der Waals surface area contributed by atoms with E-state index >= 15 is 0 Å². The third-order valence-corrected chi connectivity index (χ3v) is 2.78. The Balaban J connectivity index is 1.86. The van der Waals surface area contributed by atoms with Crippen molar-refractivity contribution in [2.24, 2.45) is 5.10 Å². The minimum absolute atomic E-state index is 0.297. The lowest BCUT2D eigenvalue weighted by Gasteiger charge is -2.01. The summed E-state index contributed by atoms with van der Waals surface area (Å²) < 4.78 is 0. The van der Waals surface area contributed by atoms with Gasteiger partial charge in [-0.3, -0.25) is 5.43 Å². The third kappa shape index (κ3) is 2.54. The van der Waals surface area contributed by atoms with Gasteiger partial charge in [-0.2, -0.15) is 15.2 Å². The van der Waals surface area contributed by atoms with Crippen molar-refractivity contribution in [3.63, 3.8) is 0 Å². The van der Waals surface area contributed by atoms with E-state index in [4.69, 9.17) is 0 Å². The van der Waals surface area contributed by atoms with Gasteiger partial charge in [-0.05, 0) is 10.8 Å². The topological polar surface area (TPSA) is 83.0 Å². The van der Waals surface area contributed by atoms with Crippen molar-refractivity contribution < 1.29 is 0 Å². The Bertz CT molecular complexity index is 819. The van der Waals surface area contributed by atoms with Gasteiger partial charge in [-0.25, -0.2) is 9.89 Å². The zero-order valence-corrected chi connectivity index (χ0v) is 10.4. The first-order chi connectivity index (χ1) is 9.83. The molecule has 3 aromatic rings. The fraction of sp³-hybridized carbons (Fsp3) is 0. The van der Waals surface area contributed by atoms with Crippen molar-refractivity contribution in [3.8, 4) is 0 Å². The first kappa shape index (κ1) is 12.0. The van der Waals surface area contributed by atoms with Crippen LogP contribution < -0.4 is 11.1 Å². The minimum Gasteiger partial charge on any atom is -0.260 e. The van der Waals surface area contributed by atoms with Crippen LogP contribution in [0.2, 0.25) is 0 Å². The molecule has 2 N–H and O–H groups in total. The molecule has 0 aliphatic heterocycles. The first-order valence-corrected chi connectivity index (χ1v) is 6.01. The molecule has 0 fully saturated rings. The molecular formula is C14H11N5O. The number of fused-ring (bicyclic) bond motifs is 1. The molecule has 2 aromatic carbocycles. The number of anilines is 1. The molecule has 3 rings (SSSR count). The standard InChI is InChI=1S/C14H11N5O/c20-14-17-13(9-16-19-14)18-15-8-11-6-3-5-10-4-1-2-7-12(10)11/h1-9H,(H2,17,18,19,20)/b15-8+. The summed E-state index contributed by atoms with van der Waals surface area (Å²) in [6.45, 7) is 0. The molecular weight excluding hydrogens is 254 g/mol. The fourth-order valence-corrected chi connectivity index (χ4v) is 1.90. The van der Waals surface area contributed by atoms with Crippen LogP contribution in [0.3, 0.4) is 0 Å². The Morgan fingerprint density at radius 1 is 1.15 bits per heavy atom. The van der Waals surface area contributed by atoms with E-state index in [1.54, 1.807) is 6.21 Å². The van der Waals surface area contributed by atoms with Crippen LogP contribution >= 0.6 is 0 Å². The highest BCUT2D eigenvalue weighted by atomic mass is 16.1. The van der Waals surface area contributed by atoms with Gasteiger partial charge in [0.25, 0.3) is 0 Å². The van der Waals surface area contributed by atoms with Crippen molar-refractivity contribution in [3.05, 3.63) is 64.7 Å². The zero-order chi connectivity index (χ0) is 13.8. The molecule has 0 bridgehead atoms. The maximum Gasteiger partial charge on any atom is 0.363 e. The number of hydrogen-bond donors (Lipinski definition) is 2. The van der Waals surface area contributed by atoms with E-state index in [-0.39, 0.29) is 0 Å². The van der Waals surface area contributed by atoms with Crippen LogP contribution in [0.15, 0.2) is 58.6 Å². The third-order valence-electron chi connectivity index (χ3n) is 2.78. The second-order valence-corrected chi connectivity index (χ2v) is 4.11. The lowest BCUT2D eigenvalue weighted by molar-refractivity contribution is 0.913. The minimum atomic E-state index is -0.518. The van der Waals surface area contributed by atoms with E-state index in [2.05, 4.69) is 25.7 Å². The number of nitrogens with zero attached hydrogens (tertiary/aromatic N) is 3. The Morgan fingerprint density at radius 3 is 2.90 bits per heavy atom. The van der Waals surface area contributed by atoms with Crippen LogP contribution in [0.5, 0.6) is 0 Å². The number of hydrazone groups is 1. The van der Waals surface area contributed by atoms with Gasteiger partial charge in [0.2, 0.25) is 0 Å². The van der Waals surface area contributed by atoms with Gasteiger partial charge in [0.1, 0.15) is 0 Å². The van der Waals surface area contributed by atoms with Gasteiger partial charge in [0.15, 0.2) is 5.82 Å². The Labute approximate surface area is 114 Å². The monoisotopic (exact) mass is 265 g/mol. The van der Waals surface area contributed by atoms with E-state index in [9.17, 15) is 4.79 Å². The van der Waals surface area contributed by atoms with Crippen molar-refractivity contribution in [2.45, 2.75) is 0 Å². The lowest BCUT2D eigenvalue weighted by Crippen LogP contribution is -2.13. The average Bonchev–Trinajstić information content (AvgIpc) is 2.48. The quantitative estimate of drug-likeness (QED) is 0.558. The number of aromatic nitrogens is 3. The van der Waals surface area contributed by atoms with Gasteiger partial charge < -0.3 is 0 Å². The molecule has 0 aliphatic rings. The lowest BCUT2D eigenvalue weighted by atomic mass is 10.1. The number of rotatable bonds is 3. The van der Waals surface area contributed by atoms with Crippen molar-refractivity contribution in [2.75, 3.05) is 5.43 Å². The summed E-state index contributed by atoms with van der Waals surface area (Å²) >= 11 is 0. The molecule has 1 aromatic heterocycles. The van der Waals surface area contributed by atoms with E-state index in [0.717, 1.165) is 16.3 Å². The van der Waals surface area contributed by atoms with Crippen LogP contribution in [0.1, 0.15) is 5.56 Å². The van der Waals surface area contributed by atoms with E-state index < -0.39 is 5.69 Å². The molecule has 0 amide bonds. The van der Waals surface area contributed by atoms with Gasteiger partial charge in [0.05, 0.1) is 12.4 Å². The largest absolute Gasteiger partial charge is 0.363 e. The van der Waals surface area contributed by atoms with Crippen molar-refractivity contribution in [1.82, 2.24) is 15.2 Å². The molecule has 0 unspecified atom stereocenters. The van der Waals surface area contributed by atoms with Gasteiger partial charge in [-0.1, -0.05) is 42.5 Å². The van der Waals surface area contributed by atoms with Crippen LogP contribution in [0.25, 0.3) is 10.8 Å². The van der Waals surface area contributed by atoms with Gasteiger partial charge in [-0.15, -0.1) is 0 Å². The average molecular weight is 265 g/mol. The summed E-state index contributed by atoms with van der Waals surface area (Å²) in [6, 6.07) is 14.0. The molecule has 0 spiro atoms. The number of aromatic amines is 1. The maximum atomic E-state index is 11.0. The first-order valence-electron chi connectivity index (χ1n) is 6.01. The van der Waals surface area contributed by atoms with Crippen LogP contribution in [0.4, 0.5) is 5.82 Å². The number of benzene rings is 2. The molecule has 1 heterocycles. The summed E-state index contributed by atoms with van der Waals surface area (Å²) in [5, 5.41) is 12.1. The SMILES string of the molecule is O=c1nc(N/N=C/c2cccc3ccccc23)cn[nH]1. The Morgan fingerprint density at radius 2 is 2.00 bits per heavy atom. The molecule has 98 valence electrons. The fourth-order valence-electron chi connectivity index (χ4n) is 1.90. The zero-order valence-electron chi connectivity index (χ0n) is 10.4. The summed E-state index contributed by atoms with van der Waals surface area (Å²) in [5.41, 5.74) is 3.14. The van der Waals surface area contributed by atoms with Crippen molar-refractivity contribution >= 4 is 22.8 Å². The summed E-state index contributed by atoms with van der Waals surface area (Å²) in [5.74, 6) is 0.297. The highest BCUT2D eigenvalue weighted by molar-refractivity contribution is 5.99. The Hall–Kier alpha value is -3.02. The highest BCUT2D eigenvalue weighted by Crippen LogP contribution is 2.16. The molecule has 20 heavy (non-hydrogen) atoms. The normalized spacial score (nSPS) is 11.0. The second kappa shape index (κ2) is 5.31. The summed E-state index contributed by atoms with van der Waals surface area (Å²) in [4.78, 5) is 14.6. The smallest absolute Gasteiger partial charge is 0.260 e. The van der Waals surface area contributed by atoms with E-state index in [0.29, 0.717) is 5.82 Å². The number of H-pyrrole nitrogens is 1. The van der Waals surface area contributed by atoms with E-state index in [1.807, 2.05) is 42.5 Å². The summed E-state index contributed by atoms with van der Waals surface area (Å²) in [6.07, 6.45) is 3.08.